The highest BCUT2D eigenvalue weighted by atomic mass is 79.9. The van der Waals surface area contributed by atoms with Gasteiger partial charge in [0.25, 0.3) is 0 Å². The lowest BCUT2D eigenvalue weighted by atomic mass is 9.99. The van der Waals surface area contributed by atoms with Crippen molar-refractivity contribution in [3.63, 3.8) is 0 Å². The van der Waals surface area contributed by atoms with Gasteiger partial charge in [0.15, 0.2) is 5.78 Å². The molecule has 0 radical (unpaired) electrons. The summed E-state index contributed by atoms with van der Waals surface area (Å²) < 4.78 is 0.680. The Labute approximate surface area is 215 Å². The Morgan fingerprint density at radius 2 is 2.06 bits per heavy atom. The summed E-state index contributed by atoms with van der Waals surface area (Å²) >= 11 is 3.43. The van der Waals surface area contributed by atoms with Crippen LogP contribution in [0.2, 0.25) is 0 Å². The molecule has 4 N–H and O–H groups in total. The van der Waals surface area contributed by atoms with Gasteiger partial charge in [0, 0.05) is 30.5 Å². The predicted molar refractivity (Wildman–Crippen MR) is 141 cm³/mol. The van der Waals surface area contributed by atoms with Crippen LogP contribution in [0.1, 0.15) is 48.5 Å². The highest BCUT2D eigenvalue weighted by molar-refractivity contribution is 9.10. The SMILES string of the molecule is CC[C@H](CO)Nc1nc(Nc2ccc(C)c(C(=O)C(C=O)NCCN3CCCCC3)c2)ncc1Br. The molecule has 0 aliphatic carbocycles. The monoisotopic (exact) mass is 546 g/mol. The Balaban J connectivity index is 1.68. The summed E-state index contributed by atoms with van der Waals surface area (Å²) in [6.45, 7) is 7.37. The lowest BCUT2D eigenvalue weighted by Crippen LogP contribution is -2.43. The number of halogens is 1. The third-order valence-electron chi connectivity index (χ3n) is 6.22. The standard InChI is InChI=1S/C25H35BrN6O3/c1-3-18(15-33)29-24-21(26)14-28-25(31-24)30-19-8-7-17(2)20(13-19)23(35)22(16-34)27-9-12-32-10-5-4-6-11-32/h7-8,13-14,16,18,22,27,33H,3-6,9-12,15H2,1-2H3,(H2,28,29,30,31)/t18-,22?/m1/s1. The number of carbonyl (C=O) groups is 2. The van der Waals surface area contributed by atoms with Crippen LogP contribution in [0.3, 0.4) is 0 Å². The molecule has 0 saturated carbocycles. The molecule has 2 heterocycles. The van der Waals surface area contributed by atoms with Crippen LogP contribution in [-0.4, -0.2) is 76.9 Å². The number of rotatable bonds is 13. The van der Waals surface area contributed by atoms with Crippen LogP contribution >= 0.6 is 15.9 Å². The van der Waals surface area contributed by atoms with E-state index in [1.165, 1.54) is 19.3 Å². The number of Topliss-reactive ketones (excluding diaryl/α,β-unsaturated/α-hetero) is 1. The van der Waals surface area contributed by atoms with Crippen LogP contribution in [0.4, 0.5) is 17.5 Å². The molecule has 10 heteroatoms. The van der Waals surface area contributed by atoms with E-state index in [9.17, 15) is 14.7 Å². The van der Waals surface area contributed by atoms with Crippen LogP contribution < -0.4 is 16.0 Å². The van der Waals surface area contributed by atoms with Crippen molar-refractivity contribution in [2.24, 2.45) is 0 Å². The minimum absolute atomic E-state index is 0.0108. The van der Waals surface area contributed by atoms with Crippen molar-refractivity contribution in [2.75, 3.05) is 43.4 Å². The summed E-state index contributed by atoms with van der Waals surface area (Å²) in [5.74, 6) is 0.649. The Morgan fingerprint density at radius 3 is 2.74 bits per heavy atom. The van der Waals surface area contributed by atoms with E-state index in [-0.39, 0.29) is 18.4 Å². The van der Waals surface area contributed by atoms with Crippen LogP contribution in [0.15, 0.2) is 28.9 Å². The van der Waals surface area contributed by atoms with Crippen LogP contribution in [-0.2, 0) is 4.79 Å². The quantitative estimate of drug-likeness (QED) is 0.170. The lowest BCUT2D eigenvalue weighted by Gasteiger charge is -2.26. The molecule has 190 valence electrons. The summed E-state index contributed by atoms with van der Waals surface area (Å²) in [6, 6.07) is 4.38. The number of benzene rings is 1. The van der Waals surface area contributed by atoms with Crippen molar-refractivity contribution in [1.82, 2.24) is 20.2 Å². The van der Waals surface area contributed by atoms with Crippen LogP contribution in [0.5, 0.6) is 0 Å². The first-order valence-corrected chi connectivity index (χ1v) is 13.0. The number of nitrogens with zero attached hydrogens (tertiary/aromatic N) is 3. The van der Waals surface area contributed by atoms with E-state index in [4.69, 9.17) is 0 Å². The van der Waals surface area contributed by atoms with Crippen molar-refractivity contribution in [3.05, 3.63) is 40.0 Å². The number of aliphatic hydroxyl groups excluding tert-OH is 1. The van der Waals surface area contributed by atoms with Crippen LogP contribution in [0.25, 0.3) is 0 Å². The average Bonchev–Trinajstić information content (AvgIpc) is 2.88. The molecule has 35 heavy (non-hydrogen) atoms. The molecule has 3 rings (SSSR count). The van der Waals surface area contributed by atoms with E-state index in [1.54, 1.807) is 12.3 Å². The smallest absolute Gasteiger partial charge is 0.229 e. The van der Waals surface area contributed by atoms with Gasteiger partial charge in [-0.3, -0.25) is 10.1 Å². The number of aromatic nitrogens is 2. The molecule has 0 bridgehead atoms. The second-order valence-corrected chi connectivity index (χ2v) is 9.67. The molecule has 1 aliphatic rings. The van der Waals surface area contributed by atoms with Gasteiger partial charge in [-0.1, -0.05) is 19.4 Å². The zero-order valence-electron chi connectivity index (χ0n) is 20.4. The molecule has 2 aromatic rings. The normalized spacial score (nSPS) is 15.9. The van der Waals surface area contributed by atoms with Gasteiger partial charge in [0.05, 0.1) is 17.1 Å². The van der Waals surface area contributed by atoms with Gasteiger partial charge in [0.2, 0.25) is 5.95 Å². The van der Waals surface area contributed by atoms with Crippen molar-refractivity contribution in [3.8, 4) is 0 Å². The molecule has 0 spiro atoms. The summed E-state index contributed by atoms with van der Waals surface area (Å²) in [7, 11) is 0. The summed E-state index contributed by atoms with van der Waals surface area (Å²) in [6.07, 6.45) is 6.72. The Hall–Kier alpha value is -2.40. The van der Waals surface area contributed by atoms with Crippen LogP contribution in [0, 0.1) is 6.92 Å². The van der Waals surface area contributed by atoms with E-state index in [0.717, 1.165) is 31.6 Å². The second kappa shape index (κ2) is 13.6. The number of hydrogen-bond donors (Lipinski definition) is 4. The fourth-order valence-corrected chi connectivity index (χ4v) is 4.33. The molecule has 1 aromatic heterocycles. The summed E-state index contributed by atoms with van der Waals surface area (Å²) in [4.78, 5) is 36.0. The fourth-order valence-electron chi connectivity index (χ4n) is 4.02. The van der Waals surface area contributed by atoms with Gasteiger partial charge in [-0.25, -0.2) is 4.98 Å². The molecule has 1 aliphatic heterocycles. The second-order valence-electron chi connectivity index (χ2n) is 8.81. The Morgan fingerprint density at radius 1 is 1.29 bits per heavy atom. The minimum atomic E-state index is -0.891. The molecule has 9 nitrogen and oxygen atoms in total. The van der Waals surface area contributed by atoms with E-state index in [2.05, 4.69) is 46.7 Å². The third-order valence-corrected chi connectivity index (χ3v) is 6.80. The zero-order valence-corrected chi connectivity index (χ0v) is 22.0. The number of aliphatic hydroxyl groups is 1. The van der Waals surface area contributed by atoms with Crippen molar-refractivity contribution < 1.29 is 14.7 Å². The molecule has 2 atom stereocenters. The van der Waals surface area contributed by atoms with E-state index < -0.39 is 6.04 Å². The number of hydrogen-bond acceptors (Lipinski definition) is 9. The lowest BCUT2D eigenvalue weighted by molar-refractivity contribution is -0.108. The van der Waals surface area contributed by atoms with E-state index in [0.29, 0.717) is 40.3 Å². The number of anilines is 3. The maximum Gasteiger partial charge on any atom is 0.229 e. The number of carbonyl (C=O) groups excluding carboxylic acids is 2. The van der Waals surface area contributed by atoms with Crippen molar-refractivity contribution in [1.29, 1.82) is 0 Å². The molecule has 1 unspecified atom stereocenters. The van der Waals surface area contributed by atoms with E-state index in [1.807, 2.05) is 26.0 Å². The van der Waals surface area contributed by atoms with Gasteiger partial charge in [0.1, 0.15) is 18.1 Å². The third kappa shape index (κ3) is 7.79. The van der Waals surface area contributed by atoms with Crippen molar-refractivity contribution in [2.45, 2.75) is 51.6 Å². The zero-order chi connectivity index (χ0) is 25.2. The molecule has 1 fully saturated rings. The molecule has 1 aromatic carbocycles. The van der Waals surface area contributed by atoms with Crippen molar-refractivity contribution >= 4 is 45.5 Å². The minimum Gasteiger partial charge on any atom is -0.394 e. The molecular formula is C25H35BrN6O3. The maximum atomic E-state index is 13.2. The Kier molecular flexibility index (Phi) is 10.6. The fraction of sp³-hybridized carbons (Fsp3) is 0.520. The maximum absolute atomic E-state index is 13.2. The summed E-state index contributed by atoms with van der Waals surface area (Å²) in [5, 5.41) is 18.9. The van der Waals surface area contributed by atoms with E-state index >= 15 is 0 Å². The number of nitrogens with one attached hydrogen (secondary N) is 3. The predicted octanol–water partition coefficient (Wildman–Crippen LogP) is 3.30. The number of piperidine rings is 1. The average molecular weight is 547 g/mol. The molecule has 0 amide bonds. The number of aryl methyl sites for hydroxylation is 1. The Bertz CT molecular complexity index is 995. The van der Waals surface area contributed by atoms with Gasteiger partial charge < -0.3 is 25.4 Å². The number of ketones is 1. The molecule has 1 saturated heterocycles. The first-order chi connectivity index (χ1) is 16.9. The molecular weight excluding hydrogens is 512 g/mol. The number of aldehydes is 1. The topological polar surface area (TPSA) is 119 Å². The number of likely N-dealkylation sites (tertiary alicyclic amines) is 1. The van der Waals surface area contributed by atoms with Gasteiger partial charge >= 0.3 is 0 Å². The first-order valence-electron chi connectivity index (χ1n) is 12.2. The van der Waals surface area contributed by atoms with Gasteiger partial charge in [-0.15, -0.1) is 0 Å². The van der Waals surface area contributed by atoms with Gasteiger partial charge in [-0.2, -0.15) is 4.98 Å². The largest absolute Gasteiger partial charge is 0.394 e. The summed E-state index contributed by atoms with van der Waals surface area (Å²) in [5.41, 5.74) is 1.90. The first kappa shape index (κ1) is 27.2. The van der Waals surface area contributed by atoms with Gasteiger partial charge in [-0.05, 0) is 72.9 Å². The highest BCUT2D eigenvalue weighted by Crippen LogP contribution is 2.24. The highest BCUT2D eigenvalue weighted by Gasteiger charge is 2.22.